The number of rotatable bonds is 4. The summed E-state index contributed by atoms with van der Waals surface area (Å²) in [6, 6.07) is 17.7. The van der Waals surface area contributed by atoms with Gasteiger partial charge >= 0.3 is 0 Å². The van der Waals surface area contributed by atoms with Crippen LogP contribution < -0.4 is 0 Å². The number of hydrogen-bond donors (Lipinski definition) is 0. The highest BCUT2D eigenvalue weighted by Gasteiger charge is 2.14. The minimum atomic E-state index is -0.304. The van der Waals surface area contributed by atoms with Crippen LogP contribution in [0.15, 0.2) is 60.3 Å². The molecular formula is C21H18ClN3O. The number of aromatic nitrogens is 1. The van der Waals surface area contributed by atoms with Gasteiger partial charge in [-0.1, -0.05) is 41.9 Å². The van der Waals surface area contributed by atoms with Crippen molar-refractivity contribution in [2.75, 3.05) is 14.1 Å². The lowest BCUT2D eigenvalue weighted by Gasteiger charge is -2.08. The van der Waals surface area contributed by atoms with Crippen molar-refractivity contribution in [3.63, 3.8) is 0 Å². The second-order valence-corrected chi connectivity index (χ2v) is 6.66. The van der Waals surface area contributed by atoms with Crippen LogP contribution in [-0.2, 0) is 11.3 Å². The van der Waals surface area contributed by atoms with Gasteiger partial charge in [0.1, 0.15) is 11.6 Å². The van der Waals surface area contributed by atoms with Crippen LogP contribution in [0.5, 0.6) is 0 Å². The van der Waals surface area contributed by atoms with Crippen LogP contribution in [-0.4, -0.2) is 29.5 Å². The second kappa shape index (κ2) is 7.47. The lowest BCUT2D eigenvalue weighted by molar-refractivity contribution is -0.124. The molecule has 3 rings (SSSR count). The largest absolute Gasteiger partial charge is 0.344 e. The maximum Gasteiger partial charge on any atom is 0.264 e. The number of likely N-dealkylation sites (N-methyl/N-ethyl adjacent to an activating group) is 1. The highest BCUT2D eigenvalue weighted by atomic mass is 35.5. The van der Waals surface area contributed by atoms with Gasteiger partial charge in [0.2, 0.25) is 0 Å². The van der Waals surface area contributed by atoms with E-state index in [0.29, 0.717) is 11.6 Å². The lowest BCUT2D eigenvalue weighted by Crippen LogP contribution is -2.22. The third-order valence-corrected chi connectivity index (χ3v) is 4.39. The number of carbonyl (C=O) groups is 1. The first-order valence-electron chi connectivity index (χ1n) is 8.15. The summed E-state index contributed by atoms with van der Waals surface area (Å²) in [6.07, 6.45) is 3.63. The molecular weight excluding hydrogens is 346 g/mol. The van der Waals surface area contributed by atoms with Crippen LogP contribution in [0.4, 0.5) is 0 Å². The molecule has 0 atom stereocenters. The Hall–Kier alpha value is -3.03. The zero-order valence-corrected chi connectivity index (χ0v) is 15.4. The van der Waals surface area contributed by atoms with E-state index in [1.54, 1.807) is 20.2 Å². The van der Waals surface area contributed by atoms with Gasteiger partial charge in [0.25, 0.3) is 5.91 Å². The molecule has 5 heteroatoms. The molecule has 0 saturated heterocycles. The first-order valence-corrected chi connectivity index (χ1v) is 8.53. The Labute approximate surface area is 157 Å². The van der Waals surface area contributed by atoms with Crippen molar-refractivity contribution in [3.8, 4) is 6.07 Å². The number of halogens is 1. The summed E-state index contributed by atoms with van der Waals surface area (Å²) in [5, 5.41) is 11.1. The minimum absolute atomic E-state index is 0.115. The Balaban J connectivity index is 2.06. The first-order chi connectivity index (χ1) is 12.5. The number of hydrogen-bond acceptors (Lipinski definition) is 2. The summed E-state index contributed by atoms with van der Waals surface area (Å²) in [5.74, 6) is -0.304. The van der Waals surface area contributed by atoms with E-state index in [0.717, 1.165) is 22.0 Å². The highest BCUT2D eigenvalue weighted by molar-refractivity contribution is 6.30. The molecule has 130 valence electrons. The van der Waals surface area contributed by atoms with E-state index in [1.807, 2.05) is 60.8 Å². The molecule has 26 heavy (non-hydrogen) atoms. The van der Waals surface area contributed by atoms with Crippen molar-refractivity contribution in [1.82, 2.24) is 9.47 Å². The van der Waals surface area contributed by atoms with Crippen molar-refractivity contribution in [3.05, 3.63) is 76.5 Å². The summed E-state index contributed by atoms with van der Waals surface area (Å²) in [7, 11) is 3.27. The Morgan fingerprint density at radius 3 is 2.54 bits per heavy atom. The van der Waals surface area contributed by atoms with Crippen molar-refractivity contribution in [1.29, 1.82) is 5.26 Å². The summed E-state index contributed by atoms with van der Waals surface area (Å²) < 4.78 is 2.11. The molecule has 1 amide bonds. The van der Waals surface area contributed by atoms with Crippen LogP contribution in [0.25, 0.3) is 17.0 Å². The third kappa shape index (κ3) is 3.63. The maximum absolute atomic E-state index is 12.2. The molecule has 0 radical (unpaired) electrons. The van der Waals surface area contributed by atoms with Crippen LogP contribution in [0.1, 0.15) is 11.1 Å². The number of fused-ring (bicyclic) bond motifs is 1. The monoisotopic (exact) mass is 363 g/mol. The molecule has 0 bridgehead atoms. The number of para-hydroxylation sites is 1. The molecule has 0 fully saturated rings. The Morgan fingerprint density at radius 1 is 1.19 bits per heavy atom. The van der Waals surface area contributed by atoms with E-state index in [4.69, 9.17) is 11.6 Å². The third-order valence-electron chi connectivity index (χ3n) is 4.14. The number of amides is 1. The summed E-state index contributed by atoms with van der Waals surface area (Å²) in [6.45, 7) is 0.676. The quantitative estimate of drug-likeness (QED) is 0.511. The number of nitriles is 1. The van der Waals surface area contributed by atoms with Crippen molar-refractivity contribution in [2.24, 2.45) is 0 Å². The Bertz CT molecular complexity index is 1020. The molecule has 0 spiro atoms. The van der Waals surface area contributed by atoms with E-state index >= 15 is 0 Å². The maximum atomic E-state index is 12.2. The van der Waals surface area contributed by atoms with Crippen molar-refractivity contribution >= 4 is 34.5 Å². The van der Waals surface area contributed by atoms with Gasteiger partial charge in [-0.25, -0.2) is 0 Å². The molecule has 3 aromatic rings. The number of nitrogens with zero attached hydrogens (tertiary/aromatic N) is 3. The molecule has 0 aliphatic rings. The van der Waals surface area contributed by atoms with Gasteiger partial charge in [-0.15, -0.1) is 0 Å². The number of benzene rings is 2. The molecule has 0 aliphatic heterocycles. The topological polar surface area (TPSA) is 49.0 Å². The average Bonchev–Trinajstić information content (AvgIpc) is 2.98. The van der Waals surface area contributed by atoms with E-state index in [2.05, 4.69) is 4.57 Å². The summed E-state index contributed by atoms with van der Waals surface area (Å²) in [5.41, 5.74) is 3.13. The predicted molar refractivity (Wildman–Crippen MR) is 105 cm³/mol. The van der Waals surface area contributed by atoms with Gasteiger partial charge in [0, 0.05) is 48.3 Å². The Kier molecular flexibility index (Phi) is 5.11. The van der Waals surface area contributed by atoms with Crippen LogP contribution in [0.3, 0.4) is 0 Å². The van der Waals surface area contributed by atoms with Gasteiger partial charge in [0.05, 0.1) is 0 Å². The highest BCUT2D eigenvalue weighted by Crippen LogP contribution is 2.25. The second-order valence-electron chi connectivity index (χ2n) is 6.23. The van der Waals surface area contributed by atoms with Crippen LogP contribution in [0, 0.1) is 11.3 Å². The SMILES string of the molecule is CN(C)C(=O)/C(C#N)=C\c1cn(Cc2ccc(Cl)cc2)c2ccccc12. The van der Waals surface area contributed by atoms with Gasteiger partial charge in [0.15, 0.2) is 0 Å². The molecule has 1 aromatic heterocycles. The van der Waals surface area contributed by atoms with E-state index < -0.39 is 0 Å². The summed E-state index contributed by atoms with van der Waals surface area (Å²) in [4.78, 5) is 13.6. The minimum Gasteiger partial charge on any atom is -0.344 e. The standard InChI is InChI=1S/C21H18ClN3O/c1-24(2)21(26)16(12-23)11-17-14-25(20-6-4-3-5-19(17)20)13-15-7-9-18(22)10-8-15/h3-11,14H,13H2,1-2H3/b16-11-. The molecule has 4 nitrogen and oxygen atoms in total. The fourth-order valence-electron chi connectivity index (χ4n) is 2.85. The number of carbonyl (C=O) groups excluding carboxylic acids is 1. The van der Waals surface area contributed by atoms with Crippen molar-refractivity contribution in [2.45, 2.75) is 6.54 Å². The van der Waals surface area contributed by atoms with Gasteiger partial charge in [-0.05, 0) is 29.8 Å². The van der Waals surface area contributed by atoms with Crippen LogP contribution >= 0.6 is 11.6 Å². The Morgan fingerprint density at radius 2 is 1.88 bits per heavy atom. The van der Waals surface area contributed by atoms with E-state index in [1.165, 1.54) is 4.90 Å². The van der Waals surface area contributed by atoms with E-state index in [9.17, 15) is 10.1 Å². The zero-order chi connectivity index (χ0) is 18.7. The predicted octanol–water partition coefficient (Wildman–Crippen LogP) is 4.34. The summed E-state index contributed by atoms with van der Waals surface area (Å²) >= 11 is 5.96. The molecule has 0 unspecified atom stereocenters. The zero-order valence-electron chi connectivity index (χ0n) is 14.6. The van der Waals surface area contributed by atoms with Gasteiger partial charge in [-0.3, -0.25) is 4.79 Å². The molecule has 0 saturated carbocycles. The van der Waals surface area contributed by atoms with Crippen molar-refractivity contribution < 1.29 is 4.79 Å². The fourth-order valence-corrected chi connectivity index (χ4v) is 2.97. The van der Waals surface area contributed by atoms with E-state index in [-0.39, 0.29) is 11.5 Å². The van der Waals surface area contributed by atoms with Crippen LogP contribution in [0.2, 0.25) is 5.02 Å². The van der Waals surface area contributed by atoms with Gasteiger partial charge in [-0.2, -0.15) is 5.26 Å². The fraction of sp³-hybridized carbons (Fsp3) is 0.143. The average molecular weight is 364 g/mol. The van der Waals surface area contributed by atoms with Gasteiger partial charge < -0.3 is 9.47 Å². The molecule has 2 aromatic carbocycles. The molecule has 0 aliphatic carbocycles. The molecule has 1 heterocycles. The smallest absolute Gasteiger partial charge is 0.264 e. The lowest BCUT2D eigenvalue weighted by atomic mass is 10.1. The normalized spacial score (nSPS) is 11.4. The first kappa shape index (κ1) is 17.8. The molecule has 0 N–H and O–H groups in total.